The largest absolute Gasteiger partial charge is 0.264 e. The van der Waals surface area contributed by atoms with E-state index in [2.05, 4.69) is 38.1 Å². The van der Waals surface area contributed by atoms with E-state index in [1.165, 1.54) is 36.0 Å². The fourth-order valence-electron chi connectivity index (χ4n) is 2.08. The third kappa shape index (κ3) is 1.68. The molecule has 0 aliphatic heterocycles. The van der Waals surface area contributed by atoms with Crippen LogP contribution in [0.5, 0.6) is 0 Å². The first-order valence-electron chi connectivity index (χ1n) is 5.68. The summed E-state index contributed by atoms with van der Waals surface area (Å²) < 4.78 is 0. The Bertz CT molecular complexity index is 326. The van der Waals surface area contributed by atoms with Gasteiger partial charge in [0.25, 0.3) is 0 Å². The van der Waals surface area contributed by atoms with E-state index in [9.17, 15) is 0 Å². The molecule has 0 bridgehead atoms. The summed E-state index contributed by atoms with van der Waals surface area (Å²) in [7, 11) is 0. The molecule has 1 nitrogen and oxygen atoms in total. The summed E-state index contributed by atoms with van der Waals surface area (Å²) in [5.74, 6) is 1.48. The molecule has 1 aliphatic carbocycles. The molecule has 1 aromatic heterocycles. The second-order valence-electron chi connectivity index (χ2n) is 4.53. The van der Waals surface area contributed by atoms with Crippen molar-refractivity contribution in [1.29, 1.82) is 0 Å². The van der Waals surface area contributed by atoms with Crippen LogP contribution in [0.2, 0.25) is 0 Å². The van der Waals surface area contributed by atoms with Crippen LogP contribution in [0, 0.1) is 6.92 Å². The van der Waals surface area contributed by atoms with Crippen molar-refractivity contribution in [3.05, 3.63) is 29.1 Å². The van der Waals surface area contributed by atoms with E-state index >= 15 is 0 Å². The topological polar surface area (TPSA) is 12.9 Å². The number of pyridine rings is 1. The summed E-state index contributed by atoms with van der Waals surface area (Å²) in [5, 5.41) is 0. The number of aromatic nitrogens is 1. The zero-order chi connectivity index (χ0) is 10.1. The standard InChI is InChI=1S/C13H19N/c1-4-9(2)12-7-14-8-13(10(12)3)11-5-6-11/h7-9,11H,4-6H2,1-3H3. The van der Waals surface area contributed by atoms with Gasteiger partial charge in [-0.25, -0.2) is 0 Å². The van der Waals surface area contributed by atoms with Gasteiger partial charge in [-0.15, -0.1) is 0 Å². The molecule has 1 unspecified atom stereocenters. The van der Waals surface area contributed by atoms with E-state index in [1.807, 2.05) is 0 Å². The molecule has 0 saturated heterocycles. The molecule has 1 heterocycles. The Morgan fingerprint density at radius 1 is 1.43 bits per heavy atom. The number of nitrogens with zero attached hydrogens (tertiary/aromatic N) is 1. The Hall–Kier alpha value is -0.850. The fourth-order valence-corrected chi connectivity index (χ4v) is 2.08. The lowest BCUT2D eigenvalue weighted by Crippen LogP contribution is -1.99. The molecular weight excluding hydrogens is 170 g/mol. The summed E-state index contributed by atoms with van der Waals surface area (Å²) in [5.41, 5.74) is 4.46. The summed E-state index contributed by atoms with van der Waals surface area (Å²) in [6, 6.07) is 0. The van der Waals surface area contributed by atoms with Crippen LogP contribution in [0.1, 0.15) is 61.6 Å². The van der Waals surface area contributed by atoms with Crippen LogP contribution in [0.4, 0.5) is 0 Å². The highest BCUT2D eigenvalue weighted by atomic mass is 14.6. The molecule has 1 fully saturated rings. The Balaban J connectivity index is 2.35. The molecule has 1 atom stereocenters. The maximum absolute atomic E-state index is 4.38. The van der Waals surface area contributed by atoms with Gasteiger partial charge in [0, 0.05) is 12.4 Å². The van der Waals surface area contributed by atoms with Crippen LogP contribution in [0.25, 0.3) is 0 Å². The summed E-state index contributed by atoms with van der Waals surface area (Å²) >= 11 is 0. The van der Waals surface area contributed by atoms with E-state index in [1.54, 1.807) is 0 Å². The number of hydrogen-bond donors (Lipinski definition) is 0. The average Bonchev–Trinajstić information content (AvgIpc) is 3.01. The molecule has 2 rings (SSSR count). The van der Waals surface area contributed by atoms with Crippen LogP contribution in [0.15, 0.2) is 12.4 Å². The lowest BCUT2D eigenvalue weighted by atomic mass is 9.92. The quantitative estimate of drug-likeness (QED) is 0.705. The van der Waals surface area contributed by atoms with Crippen molar-refractivity contribution < 1.29 is 0 Å². The van der Waals surface area contributed by atoms with Crippen molar-refractivity contribution in [3.8, 4) is 0 Å². The van der Waals surface area contributed by atoms with Crippen LogP contribution >= 0.6 is 0 Å². The second-order valence-corrected chi connectivity index (χ2v) is 4.53. The van der Waals surface area contributed by atoms with E-state index < -0.39 is 0 Å². The first-order valence-corrected chi connectivity index (χ1v) is 5.68. The van der Waals surface area contributed by atoms with Crippen molar-refractivity contribution in [3.63, 3.8) is 0 Å². The molecule has 1 heteroatoms. The minimum Gasteiger partial charge on any atom is -0.264 e. The highest BCUT2D eigenvalue weighted by molar-refractivity contribution is 5.37. The van der Waals surface area contributed by atoms with Gasteiger partial charge in [-0.3, -0.25) is 4.98 Å². The Kier molecular flexibility index (Phi) is 2.58. The number of rotatable bonds is 3. The van der Waals surface area contributed by atoms with Crippen molar-refractivity contribution in [2.24, 2.45) is 0 Å². The van der Waals surface area contributed by atoms with Gasteiger partial charge in [0.15, 0.2) is 0 Å². The van der Waals surface area contributed by atoms with Gasteiger partial charge >= 0.3 is 0 Å². The maximum atomic E-state index is 4.38. The maximum Gasteiger partial charge on any atom is 0.0305 e. The van der Waals surface area contributed by atoms with Gasteiger partial charge in [-0.2, -0.15) is 0 Å². The van der Waals surface area contributed by atoms with E-state index in [0.717, 1.165) is 5.92 Å². The highest BCUT2D eigenvalue weighted by Crippen LogP contribution is 2.42. The predicted molar refractivity (Wildman–Crippen MR) is 59.7 cm³/mol. The van der Waals surface area contributed by atoms with Crippen LogP contribution < -0.4 is 0 Å². The average molecular weight is 189 g/mol. The Morgan fingerprint density at radius 3 is 2.71 bits per heavy atom. The first kappa shape index (κ1) is 9.70. The van der Waals surface area contributed by atoms with E-state index in [-0.39, 0.29) is 0 Å². The summed E-state index contributed by atoms with van der Waals surface area (Å²) in [4.78, 5) is 4.38. The van der Waals surface area contributed by atoms with Gasteiger partial charge in [0.05, 0.1) is 0 Å². The summed E-state index contributed by atoms with van der Waals surface area (Å²) in [6.07, 6.45) is 8.06. The molecule has 1 saturated carbocycles. The van der Waals surface area contributed by atoms with E-state index in [4.69, 9.17) is 0 Å². The third-order valence-corrected chi connectivity index (χ3v) is 3.45. The molecule has 76 valence electrons. The lowest BCUT2D eigenvalue weighted by molar-refractivity contribution is 0.720. The summed E-state index contributed by atoms with van der Waals surface area (Å²) in [6.45, 7) is 6.80. The van der Waals surface area contributed by atoms with Crippen molar-refractivity contribution in [1.82, 2.24) is 4.98 Å². The van der Waals surface area contributed by atoms with Crippen molar-refractivity contribution >= 4 is 0 Å². The van der Waals surface area contributed by atoms with Crippen LogP contribution in [-0.2, 0) is 0 Å². The third-order valence-electron chi connectivity index (χ3n) is 3.45. The molecule has 1 aliphatic rings. The molecular formula is C13H19N. The van der Waals surface area contributed by atoms with Crippen LogP contribution in [-0.4, -0.2) is 4.98 Å². The van der Waals surface area contributed by atoms with Gasteiger partial charge in [0.1, 0.15) is 0 Å². The smallest absolute Gasteiger partial charge is 0.0305 e. The van der Waals surface area contributed by atoms with Gasteiger partial charge in [0.2, 0.25) is 0 Å². The minimum atomic E-state index is 0.654. The van der Waals surface area contributed by atoms with Gasteiger partial charge in [-0.05, 0) is 54.7 Å². The molecule has 0 aromatic carbocycles. The predicted octanol–water partition coefficient (Wildman–Crippen LogP) is 3.78. The Morgan fingerprint density at radius 2 is 2.14 bits per heavy atom. The van der Waals surface area contributed by atoms with Crippen molar-refractivity contribution in [2.75, 3.05) is 0 Å². The zero-order valence-electron chi connectivity index (χ0n) is 9.38. The zero-order valence-corrected chi connectivity index (χ0v) is 9.38. The second kappa shape index (κ2) is 3.72. The minimum absolute atomic E-state index is 0.654. The normalized spacial score (nSPS) is 18.2. The van der Waals surface area contributed by atoms with E-state index in [0.29, 0.717) is 5.92 Å². The molecule has 0 spiro atoms. The van der Waals surface area contributed by atoms with Crippen molar-refractivity contribution in [2.45, 2.75) is 51.9 Å². The SMILES string of the molecule is CCC(C)c1cncc(C2CC2)c1C. The van der Waals surface area contributed by atoms with Crippen LogP contribution in [0.3, 0.4) is 0 Å². The Labute approximate surface area is 86.6 Å². The highest BCUT2D eigenvalue weighted by Gasteiger charge is 2.26. The first-order chi connectivity index (χ1) is 6.74. The van der Waals surface area contributed by atoms with Gasteiger partial charge in [-0.1, -0.05) is 13.8 Å². The molecule has 1 aromatic rings. The fraction of sp³-hybridized carbons (Fsp3) is 0.615. The lowest BCUT2D eigenvalue weighted by Gasteiger charge is -2.14. The molecule has 0 amide bonds. The molecule has 0 N–H and O–H groups in total. The monoisotopic (exact) mass is 189 g/mol. The molecule has 14 heavy (non-hydrogen) atoms. The molecule has 0 radical (unpaired) electrons. The van der Waals surface area contributed by atoms with Gasteiger partial charge < -0.3 is 0 Å². The number of hydrogen-bond acceptors (Lipinski definition) is 1.